The van der Waals surface area contributed by atoms with Gasteiger partial charge in [0.15, 0.2) is 0 Å². The molecule has 0 amide bonds. The maximum absolute atomic E-state index is 5.88. The molecule has 17 heavy (non-hydrogen) atoms. The summed E-state index contributed by atoms with van der Waals surface area (Å²) in [6.45, 7) is 4.68. The molecule has 0 aliphatic carbocycles. The largest absolute Gasteiger partial charge is 0.457 e. The van der Waals surface area contributed by atoms with Gasteiger partial charge in [0.1, 0.15) is 11.5 Å². The van der Waals surface area contributed by atoms with Crippen LogP contribution in [0.25, 0.3) is 0 Å². The molecule has 2 aromatic rings. The molecule has 0 bridgehead atoms. The van der Waals surface area contributed by atoms with Crippen molar-refractivity contribution in [3.63, 3.8) is 0 Å². The van der Waals surface area contributed by atoms with E-state index in [2.05, 4.69) is 19.9 Å². The van der Waals surface area contributed by atoms with Crippen molar-refractivity contribution < 1.29 is 4.74 Å². The van der Waals surface area contributed by atoms with Gasteiger partial charge < -0.3 is 10.5 Å². The van der Waals surface area contributed by atoms with Crippen molar-refractivity contribution in [1.29, 1.82) is 0 Å². The van der Waals surface area contributed by atoms with Crippen molar-refractivity contribution in [2.45, 2.75) is 20.4 Å². The van der Waals surface area contributed by atoms with E-state index in [0.29, 0.717) is 6.54 Å². The van der Waals surface area contributed by atoms with E-state index in [1.807, 2.05) is 36.4 Å². The molecule has 0 fully saturated rings. The molecule has 88 valence electrons. The van der Waals surface area contributed by atoms with Gasteiger partial charge in [-0.3, -0.25) is 0 Å². The first-order valence-corrected chi connectivity index (χ1v) is 5.74. The van der Waals surface area contributed by atoms with Gasteiger partial charge in [0.25, 0.3) is 0 Å². The zero-order chi connectivity index (χ0) is 12.3. The van der Waals surface area contributed by atoms with E-state index in [1.165, 1.54) is 11.1 Å². The van der Waals surface area contributed by atoms with E-state index in [1.54, 1.807) is 0 Å². The van der Waals surface area contributed by atoms with Crippen LogP contribution in [-0.4, -0.2) is 0 Å². The van der Waals surface area contributed by atoms with Crippen molar-refractivity contribution in [1.82, 2.24) is 0 Å². The molecule has 0 radical (unpaired) electrons. The Morgan fingerprint density at radius 3 is 2.59 bits per heavy atom. The van der Waals surface area contributed by atoms with E-state index in [-0.39, 0.29) is 0 Å². The topological polar surface area (TPSA) is 35.2 Å². The summed E-state index contributed by atoms with van der Waals surface area (Å²) >= 11 is 0. The van der Waals surface area contributed by atoms with Crippen molar-refractivity contribution in [2.24, 2.45) is 5.73 Å². The number of nitrogens with two attached hydrogens (primary N) is 1. The van der Waals surface area contributed by atoms with E-state index in [9.17, 15) is 0 Å². The lowest BCUT2D eigenvalue weighted by molar-refractivity contribution is 0.477. The first-order valence-electron chi connectivity index (χ1n) is 5.74. The second-order valence-electron chi connectivity index (χ2n) is 4.15. The van der Waals surface area contributed by atoms with Crippen molar-refractivity contribution in [3.8, 4) is 11.5 Å². The highest BCUT2D eigenvalue weighted by atomic mass is 16.5. The van der Waals surface area contributed by atoms with Gasteiger partial charge in [-0.1, -0.05) is 24.3 Å². The Morgan fingerprint density at radius 2 is 1.82 bits per heavy atom. The zero-order valence-corrected chi connectivity index (χ0v) is 10.2. The SMILES string of the molecule is Cc1cccc(Oc2cccc(CN)c2)c1C. The first-order chi connectivity index (χ1) is 8.20. The van der Waals surface area contributed by atoms with Crippen molar-refractivity contribution >= 4 is 0 Å². The Kier molecular flexibility index (Phi) is 3.45. The Bertz CT molecular complexity index is 520. The molecule has 0 aromatic heterocycles. The Hall–Kier alpha value is -1.80. The average molecular weight is 227 g/mol. The van der Waals surface area contributed by atoms with Gasteiger partial charge >= 0.3 is 0 Å². The molecule has 2 aromatic carbocycles. The van der Waals surface area contributed by atoms with E-state index >= 15 is 0 Å². The maximum atomic E-state index is 5.88. The Balaban J connectivity index is 2.28. The molecule has 2 N–H and O–H groups in total. The number of benzene rings is 2. The van der Waals surface area contributed by atoms with E-state index in [4.69, 9.17) is 10.5 Å². The Morgan fingerprint density at radius 1 is 1.06 bits per heavy atom. The summed E-state index contributed by atoms with van der Waals surface area (Å²) in [6, 6.07) is 13.9. The molecule has 0 aliphatic heterocycles. The van der Waals surface area contributed by atoms with Crippen LogP contribution in [0, 0.1) is 13.8 Å². The fourth-order valence-corrected chi connectivity index (χ4v) is 1.70. The molecule has 0 unspecified atom stereocenters. The summed E-state index contributed by atoms with van der Waals surface area (Å²) in [4.78, 5) is 0. The third-order valence-corrected chi connectivity index (χ3v) is 2.92. The van der Waals surface area contributed by atoms with Gasteiger partial charge in [-0.25, -0.2) is 0 Å². The summed E-state index contributed by atoms with van der Waals surface area (Å²) < 4.78 is 5.88. The summed E-state index contributed by atoms with van der Waals surface area (Å²) in [7, 11) is 0. The zero-order valence-electron chi connectivity index (χ0n) is 10.2. The minimum absolute atomic E-state index is 0.532. The number of hydrogen-bond donors (Lipinski definition) is 1. The second kappa shape index (κ2) is 5.02. The predicted molar refractivity (Wildman–Crippen MR) is 70.3 cm³/mol. The molecule has 2 nitrogen and oxygen atoms in total. The minimum atomic E-state index is 0.532. The first kappa shape index (κ1) is 11.7. The lowest BCUT2D eigenvalue weighted by atomic mass is 10.1. The molecule has 0 aliphatic rings. The summed E-state index contributed by atoms with van der Waals surface area (Å²) in [5, 5.41) is 0. The van der Waals surface area contributed by atoms with Crippen LogP contribution in [0.4, 0.5) is 0 Å². The third-order valence-electron chi connectivity index (χ3n) is 2.92. The van der Waals surface area contributed by atoms with Crippen LogP contribution in [0.3, 0.4) is 0 Å². The quantitative estimate of drug-likeness (QED) is 0.870. The molecular formula is C15H17NO. The fourth-order valence-electron chi connectivity index (χ4n) is 1.70. The van der Waals surface area contributed by atoms with Gasteiger partial charge in [0, 0.05) is 6.54 Å². The van der Waals surface area contributed by atoms with Gasteiger partial charge in [0.2, 0.25) is 0 Å². The minimum Gasteiger partial charge on any atom is -0.457 e. The molecule has 0 saturated heterocycles. The van der Waals surface area contributed by atoms with Gasteiger partial charge in [-0.05, 0) is 48.7 Å². The fraction of sp³-hybridized carbons (Fsp3) is 0.200. The number of aryl methyl sites for hydroxylation is 1. The molecule has 0 spiro atoms. The lowest BCUT2D eigenvalue weighted by Gasteiger charge is -2.11. The highest BCUT2D eigenvalue weighted by molar-refractivity contribution is 5.42. The number of rotatable bonds is 3. The molecule has 0 atom stereocenters. The van der Waals surface area contributed by atoms with Crippen LogP contribution in [0.15, 0.2) is 42.5 Å². The summed E-state index contributed by atoms with van der Waals surface area (Å²) in [5.41, 5.74) is 9.09. The van der Waals surface area contributed by atoms with Gasteiger partial charge in [-0.15, -0.1) is 0 Å². The van der Waals surface area contributed by atoms with Crippen LogP contribution in [0.1, 0.15) is 16.7 Å². The molecule has 2 heteroatoms. The normalized spacial score (nSPS) is 10.3. The van der Waals surface area contributed by atoms with Crippen LogP contribution in [-0.2, 0) is 6.54 Å². The lowest BCUT2D eigenvalue weighted by Crippen LogP contribution is -1.96. The van der Waals surface area contributed by atoms with Crippen LogP contribution >= 0.6 is 0 Å². The molecule has 0 saturated carbocycles. The molecular weight excluding hydrogens is 210 g/mol. The summed E-state index contributed by atoms with van der Waals surface area (Å²) in [5.74, 6) is 1.74. The predicted octanol–water partition coefficient (Wildman–Crippen LogP) is 3.55. The van der Waals surface area contributed by atoms with Crippen molar-refractivity contribution in [3.05, 3.63) is 59.2 Å². The highest BCUT2D eigenvalue weighted by Gasteiger charge is 2.03. The van der Waals surface area contributed by atoms with Crippen LogP contribution in [0.2, 0.25) is 0 Å². The highest BCUT2D eigenvalue weighted by Crippen LogP contribution is 2.27. The second-order valence-corrected chi connectivity index (χ2v) is 4.15. The summed E-state index contributed by atoms with van der Waals surface area (Å²) in [6.07, 6.45) is 0. The Labute approximate surface area is 102 Å². The maximum Gasteiger partial charge on any atom is 0.130 e. The third kappa shape index (κ3) is 2.66. The smallest absolute Gasteiger partial charge is 0.130 e. The van der Waals surface area contributed by atoms with Gasteiger partial charge in [0.05, 0.1) is 0 Å². The van der Waals surface area contributed by atoms with E-state index < -0.39 is 0 Å². The van der Waals surface area contributed by atoms with E-state index in [0.717, 1.165) is 17.1 Å². The van der Waals surface area contributed by atoms with Crippen molar-refractivity contribution in [2.75, 3.05) is 0 Å². The van der Waals surface area contributed by atoms with Crippen LogP contribution in [0.5, 0.6) is 11.5 Å². The number of ether oxygens (including phenoxy) is 1. The van der Waals surface area contributed by atoms with Gasteiger partial charge in [-0.2, -0.15) is 0 Å². The van der Waals surface area contributed by atoms with Crippen LogP contribution < -0.4 is 10.5 Å². The standard InChI is InChI=1S/C15H17NO/c1-11-5-3-8-15(12(11)2)17-14-7-4-6-13(9-14)10-16/h3-9H,10,16H2,1-2H3. The monoisotopic (exact) mass is 227 g/mol. The molecule has 2 rings (SSSR count). The molecule has 0 heterocycles. The average Bonchev–Trinajstić information content (AvgIpc) is 2.35. The number of hydrogen-bond acceptors (Lipinski definition) is 2.